The fraction of sp³-hybridized carbons (Fsp3) is 0.158. The highest BCUT2D eigenvalue weighted by molar-refractivity contribution is 8.18. The van der Waals surface area contributed by atoms with Gasteiger partial charge in [0.05, 0.1) is 34.4 Å². The standard InChI is InChI=1S/C19H16Cl2N2O3S/c1-3-26-15-7-4-11(8-16(15)25-2)9-17-18(24)23-19(27-17)22-12-5-6-13(20)14(21)10-12/h4-10H,3H2,1-2H3,(H,22,23,24). The van der Waals surface area contributed by atoms with Crippen molar-refractivity contribution in [2.24, 2.45) is 4.99 Å². The number of aliphatic imine (C=N–C) groups is 1. The molecule has 0 aromatic heterocycles. The van der Waals surface area contributed by atoms with Gasteiger partial charge in [-0.2, -0.15) is 0 Å². The number of amides is 1. The zero-order valence-corrected chi connectivity index (χ0v) is 16.9. The third kappa shape index (κ3) is 4.77. The van der Waals surface area contributed by atoms with E-state index in [4.69, 9.17) is 32.7 Å². The Bertz CT molecular complexity index is 945. The zero-order chi connectivity index (χ0) is 19.4. The molecule has 1 fully saturated rings. The predicted octanol–water partition coefficient (Wildman–Crippen LogP) is 5.29. The Morgan fingerprint density at radius 1 is 1.15 bits per heavy atom. The number of amidine groups is 1. The van der Waals surface area contributed by atoms with E-state index in [1.807, 2.05) is 25.1 Å². The van der Waals surface area contributed by atoms with Crippen molar-refractivity contribution < 1.29 is 14.3 Å². The Hall–Kier alpha value is -2.15. The van der Waals surface area contributed by atoms with Crippen LogP contribution in [0.15, 0.2) is 46.3 Å². The van der Waals surface area contributed by atoms with E-state index in [9.17, 15) is 4.79 Å². The summed E-state index contributed by atoms with van der Waals surface area (Å²) in [4.78, 5) is 17.2. The van der Waals surface area contributed by atoms with Crippen LogP contribution in [0.4, 0.5) is 5.69 Å². The number of benzene rings is 2. The van der Waals surface area contributed by atoms with Gasteiger partial charge in [-0.3, -0.25) is 4.79 Å². The minimum absolute atomic E-state index is 0.216. The van der Waals surface area contributed by atoms with Crippen LogP contribution in [0.2, 0.25) is 10.0 Å². The molecule has 2 aromatic carbocycles. The van der Waals surface area contributed by atoms with Gasteiger partial charge < -0.3 is 14.8 Å². The van der Waals surface area contributed by atoms with Gasteiger partial charge in [0.15, 0.2) is 16.7 Å². The maximum absolute atomic E-state index is 12.2. The second kappa shape index (κ2) is 8.69. The number of carbonyl (C=O) groups is 1. The number of nitrogens with one attached hydrogen (secondary N) is 1. The molecule has 1 heterocycles. The van der Waals surface area contributed by atoms with E-state index < -0.39 is 0 Å². The predicted molar refractivity (Wildman–Crippen MR) is 111 cm³/mol. The summed E-state index contributed by atoms with van der Waals surface area (Å²) in [7, 11) is 1.58. The third-order valence-corrected chi connectivity index (χ3v) is 5.22. The van der Waals surface area contributed by atoms with Crippen LogP contribution in [0, 0.1) is 0 Å². The first-order valence-electron chi connectivity index (χ1n) is 8.05. The molecule has 1 N–H and O–H groups in total. The van der Waals surface area contributed by atoms with Crippen LogP contribution in [0.3, 0.4) is 0 Å². The van der Waals surface area contributed by atoms with Gasteiger partial charge in [0.1, 0.15) is 0 Å². The number of halogens is 2. The molecule has 0 aliphatic carbocycles. The highest BCUT2D eigenvalue weighted by Gasteiger charge is 2.24. The molecule has 0 bridgehead atoms. The van der Waals surface area contributed by atoms with Crippen LogP contribution < -0.4 is 14.8 Å². The monoisotopic (exact) mass is 422 g/mol. The normalized spacial score (nSPS) is 16.7. The minimum atomic E-state index is -0.216. The molecule has 0 radical (unpaired) electrons. The first-order chi connectivity index (χ1) is 13.0. The van der Waals surface area contributed by atoms with Crippen LogP contribution in [-0.2, 0) is 4.79 Å². The van der Waals surface area contributed by atoms with E-state index in [0.29, 0.717) is 43.9 Å². The Morgan fingerprint density at radius 2 is 1.96 bits per heavy atom. The topological polar surface area (TPSA) is 59.9 Å². The van der Waals surface area contributed by atoms with Gasteiger partial charge in [-0.15, -0.1) is 0 Å². The molecule has 0 saturated carbocycles. The van der Waals surface area contributed by atoms with Crippen molar-refractivity contribution in [3.63, 3.8) is 0 Å². The molecular formula is C19H16Cl2N2O3S. The molecule has 1 aliphatic heterocycles. The molecule has 0 atom stereocenters. The summed E-state index contributed by atoms with van der Waals surface area (Å²) in [5.41, 5.74) is 1.43. The number of rotatable bonds is 5. The number of ether oxygens (including phenoxy) is 2. The van der Waals surface area contributed by atoms with E-state index in [0.717, 1.165) is 5.56 Å². The summed E-state index contributed by atoms with van der Waals surface area (Å²) in [5, 5.41) is 4.08. The van der Waals surface area contributed by atoms with E-state index in [1.165, 1.54) is 11.8 Å². The molecule has 3 rings (SSSR count). The summed E-state index contributed by atoms with van der Waals surface area (Å²) in [5.74, 6) is 1.05. The van der Waals surface area contributed by atoms with Gasteiger partial charge in [0.25, 0.3) is 5.91 Å². The van der Waals surface area contributed by atoms with Crippen molar-refractivity contribution in [1.82, 2.24) is 5.32 Å². The maximum Gasteiger partial charge on any atom is 0.264 e. The van der Waals surface area contributed by atoms with Crippen molar-refractivity contribution in [3.8, 4) is 11.5 Å². The average Bonchev–Trinajstić information content (AvgIpc) is 2.98. The molecule has 2 aromatic rings. The Kier molecular flexibility index (Phi) is 6.31. The second-order valence-corrected chi connectivity index (χ2v) is 7.27. The van der Waals surface area contributed by atoms with Crippen molar-refractivity contribution in [2.45, 2.75) is 6.92 Å². The first kappa shape index (κ1) is 19.6. The number of carbonyl (C=O) groups excluding carboxylic acids is 1. The molecular weight excluding hydrogens is 407 g/mol. The number of methoxy groups -OCH3 is 1. The van der Waals surface area contributed by atoms with Crippen molar-refractivity contribution >= 4 is 57.8 Å². The van der Waals surface area contributed by atoms with E-state index >= 15 is 0 Å². The lowest BCUT2D eigenvalue weighted by Crippen LogP contribution is -2.19. The van der Waals surface area contributed by atoms with Gasteiger partial charge in [0.2, 0.25) is 0 Å². The zero-order valence-electron chi connectivity index (χ0n) is 14.6. The molecule has 8 heteroatoms. The van der Waals surface area contributed by atoms with Crippen molar-refractivity contribution in [3.05, 3.63) is 56.9 Å². The summed E-state index contributed by atoms with van der Waals surface area (Å²) >= 11 is 13.2. The number of thioether (sulfide) groups is 1. The Labute approximate surface area is 171 Å². The molecule has 5 nitrogen and oxygen atoms in total. The molecule has 140 valence electrons. The highest BCUT2D eigenvalue weighted by atomic mass is 35.5. The van der Waals surface area contributed by atoms with Crippen LogP contribution in [-0.4, -0.2) is 24.8 Å². The van der Waals surface area contributed by atoms with Gasteiger partial charge in [0, 0.05) is 0 Å². The van der Waals surface area contributed by atoms with Gasteiger partial charge in [-0.1, -0.05) is 29.3 Å². The lowest BCUT2D eigenvalue weighted by Gasteiger charge is -2.09. The molecule has 1 aliphatic rings. The van der Waals surface area contributed by atoms with Crippen LogP contribution in [0.1, 0.15) is 12.5 Å². The Morgan fingerprint density at radius 3 is 2.67 bits per heavy atom. The quantitative estimate of drug-likeness (QED) is 0.664. The maximum atomic E-state index is 12.2. The van der Waals surface area contributed by atoms with Crippen LogP contribution >= 0.6 is 35.0 Å². The highest BCUT2D eigenvalue weighted by Crippen LogP contribution is 2.33. The fourth-order valence-electron chi connectivity index (χ4n) is 2.35. The molecule has 1 saturated heterocycles. The summed E-state index contributed by atoms with van der Waals surface area (Å²) < 4.78 is 10.8. The number of nitrogens with zero attached hydrogens (tertiary/aromatic N) is 1. The largest absolute Gasteiger partial charge is 0.493 e. The summed E-state index contributed by atoms with van der Waals surface area (Å²) in [6.07, 6.45) is 1.77. The van der Waals surface area contributed by atoms with Crippen molar-refractivity contribution in [1.29, 1.82) is 0 Å². The summed E-state index contributed by atoms with van der Waals surface area (Å²) in [6, 6.07) is 10.5. The molecule has 1 amide bonds. The van der Waals surface area contributed by atoms with Gasteiger partial charge in [-0.05, 0) is 60.7 Å². The smallest absolute Gasteiger partial charge is 0.264 e. The first-order valence-corrected chi connectivity index (χ1v) is 9.63. The second-order valence-electron chi connectivity index (χ2n) is 5.42. The molecule has 27 heavy (non-hydrogen) atoms. The van der Waals surface area contributed by atoms with Gasteiger partial charge >= 0.3 is 0 Å². The lowest BCUT2D eigenvalue weighted by molar-refractivity contribution is -0.115. The fourth-order valence-corrected chi connectivity index (χ4v) is 3.49. The third-order valence-electron chi connectivity index (χ3n) is 3.57. The molecule has 0 spiro atoms. The van der Waals surface area contributed by atoms with E-state index in [1.54, 1.807) is 31.4 Å². The molecule has 0 unspecified atom stereocenters. The van der Waals surface area contributed by atoms with E-state index in [-0.39, 0.29) is 5.91 Å². The van der Waals surface area contributed by atoms with Gasteiger partial charge in [-0.25, -0.2) is 4.99 Å². The lowest BCUT2D eigenvalue weighted by atomic mass is 10.2. The van der Waals surface area contributed by atoms with Crippen molar-refractivity contribution in [2.75, 3.05) is 13.7 Å². The van der Waals surface area contributed by atoms with Crippen LogP contribution in [0.25, 0.3) is 6.08 Å². The number of hydrogen-bond acceptors (Lipinski definition) is 5. The Balaban J connectivity index is 1.82. The SMILES string of the molecule is CCOc1ccc(C=C2SC(=Nc3ccc(Cl)c(Cl)c3)NC2=O)cc1OC. The summed E-state index contributed by atoms with van der Waals surface area (Å²) in [6.45, 7) is 2.45. The number of hydrogen-bond donors (Lipinski definition) is 1. The van der Waals surface area contributed by atoms with Crippen LogP contribution in [0.5, 0.6) is 11.5 Å². The van der Waals surface area contributed by atoms with E-state index in [2.05, 4.69) is 10.3 Å². The minimum Gasteiger partial charge on any atom is -0.493 e. The average molecular weight is 423 g/mol.